The van der Waals surface area contributed by atoms with Crippen LogP contribution < -0.4 is 0 Å². The first-order valence-corrected chi connectivity index (χ1v) is 9.36. The second-order valence-electron chi connectivity index (χ2n) is 7.08. The molecule has 5 heteroatoms. The highest BCUT2D eigenvalue weighted by atomic mass is 16.5. The lowest BCUT2D eigenvalue weighted by Gasteiger charge is -2.48. The van der Waals surface area contributed by atoms with Gasteiger partial charge in [-0.2, -0.15) is 0 Å². The molecule has 0 aromatic heterocycles. The first-order chi connectivity index (χ1) is 11.4. The van der Waals surface area contributed by atoms with Crippen LogP contribution in [0.15, 0.2) is 0 Å². The minimum Gasteiger partial charge on any atom is -0.464 e. The molecule has 0 saturated carbocycles. The second kappa shape index (κ2) is 10.4. The largest absolute Gasteiger partial charge is 0.464 e. The number of carbonyl (C=O) groups excluding carboxylic acids is 1. The molecular weight excluding hydrogens is 308 g/mol. The van der Waals surface area contributed by atoms with E-state index in [0.29, 0.717) is 12.8 Å². The molecule has 0 saturated heterocycles. The number of hydrogen-bond acceptors (Lipinski definition) is 5. The molecule has 0 bridgehead atoms. The molecule has 0 aromatic rings. The summed E-state index contributed by atoms with van der Waals surface area (Å²) in [6, 6.07) is 0. The maximum absolute atomic E-state index is 13.1. The topological polar surface area (TPSA) is 87.0 Å². The van der Waals surface area contributed by atoms with Crippen molar-refractivity contribution in [2.45, 2.75) is 73.1 Å². The zero-order valence-electron chi connectivity index (χ0n) is 16.2. The number of esters is 1. The second-order valence-corrected chi connectivity index (χ2v) is 7.08. The van der Waals surface area contributed by atoms with Crippen molar-refractivity contribution < 1.29 is 24.9 Å². The summed E-state index contributed by atoms with van der Waals surface area (Å²) in [5.74, 6) is -0.274. The van der Waals surface area contributed by atoms with Gasteiger partial charge in [-0.25, -0.2) is 0 Å². The predicted molar refractivity (Wildman–Crippen MR) is 95.6 cm³/mol. The van der Waals surface area contributed by atoms with E-state index in [1.807, 2.05) is 13.8 Å². The van der Waals surface area contributed by atoms with Gasteiger partial charge in [-0.3, -0.25) is 4.79 Å². The van der Waals surface area contributed by atoms with Crippen LogP contribution in [-0.4, -0.2) is 47.7 Å². The fraction of sp³-hybridized carbons (Fsp3) is 0.947. The summed E-state index contributed by atoms with van der Waals surface area (Å²) in [5.41, 5.74) is -1.89. The summed E-state index contributed by atoms with van der Waals surface area (Å²) < 4.78 is 5.56. The van der Waals surface area contributed by atoms with Crippen molar-refractivity contribution >= 4 is 5.97 Å². The monoisotopic (exact) mass is 346 g/mol. The Morgan fingerprint density at radius 3 is 1.58 bits per heavy atom. The fourth-order valence-corrected chi connectivity index (χ4v) is 4.15. The van der Waals surface area contributed by atoms with Crippen molar-refractivity contribution in [2.24, 2.45) is 16.2 Å². The number of rotatable bonds is 13. The number of ether oxygens (including phenoxy) is 1. The van der Waals surface area contributed by atoms with Crippen LogP contribution in [0.4, 0.5) is 0 Å². The van der Waals surface area contributed by atoms with E-state index >= 15 is 0 Å². The number of aliphatic hydroxyl groups excluding tert-OH is 3. The molecule has 0 spiro atoms. The van der Waals surface area contributed by atoms with Gasteiger partial charge in [0.1, 0.15) is 6.61 Å². The lowest BCUT2D eigenvalue weighted by Crippen LogP contribution is -2.49. The normalized spacial score (nSPS) is 13.2. The Morgan fingerprint density at radius 1 is 0.833 bits per heavy atom. The standard InChI is InChI=1S/C19H38O5/c1-6-11-18(7-2,8-3)19(9-4,10-5)16(23)24-15-17(12-20,13-21)14-22/h20-22H,6-15H2,1-5H3. The first-order valence-electron chi connectivity index (χ1n) is 9.36. The van der Waals surface area contributed by atoms with E-state index in [2.05, 4.69) is 20.8 Å². The minimum absolute atomic E-state index is 0.122. The van der Waals surface area contributed by atoms with Crippen LogP contribution in [0.1, 0.15) is 73.1 Å². The summed E-state index contributed by atoms with van der Waals surface area (Å²) >= 11 is 0. The Kier molecular flexibility index (Phi) is 10.1. The Morgan fingerprint density at radius 2 is 1.29 bits per heavy atom. The Hall–Kier alpha value is -0.650. The van der Waals surface area contributed by atoms with Gasteiger partial charge in [-0.15, -0.1) is 0 Å². The molecule has 0 aliphatic rings. The van der Waals surface area contributed by atoms with Gasteiger partial charge in [-0.1, -0.05) is 41.0 Å². The molecule has 0 aliphatic carbocycles. The zero-order chi connectivity index (χ0) is 18.9. The lowest BCUT2D eigenvalue weighted by molar-refractivity contribution is -0.176. The summed E-state index contributed by atoms with van der Waals surface area (Å²) in [6.07, 6.45) is 5.15. The molecule has 0 radical (unpaired) electrons. The van der Waals surface area contributed by atoms with Crippen molar-refractivity contribution in [3.8, 4) is 0 Å². The Labute approximate surface area is 147 Å². The van der Waals surface area contributed by atoms with Gasteiger partial charge in [0, 0.05) is 0 Å². The summed E-state index contributed by atoms with van der Waals surface area (Å²) in [6.45, 7) is 8.98. The fourth-order valence-electron chi connectivity index (χ4n) is 4.15. The minimum atomic E-state index is -1.19. The van der Waals surface area contributed by atoms with E-state index in [0.717, 1.165) is 25.7 Å². The van der Waals surface area contributed by atoms with E-state index in [-0.39, 0.29) is 18.0 Å². The SMILES string of the molecule is CCCC(CC)(CC)C(CC)(CC)C(=O)OCC(CO)(CO)CO. The van der Waals surface area contributed by atoms with Gasteiger partial charge in [0.15, 0.2) is 0 Å². The molecule has 0 atom stereocenters. The molecule has 0 rings (SSSR count). The Balaban J connectivity index is 5.60. The van der Waals surface area contributed by atoms with Crippen LogP contribution in [0.25, 0.3) is 0 Å². The number of hydrogen-bond donors (Lipinski definition) is 3. The van der Waals surface area contributed by atoms with E-state index < -0.39 is 30.7 Å². The van der Waals surface area contributed by atoms with Gasteiger partial charge < -0.3 is 20.1 Å². The van der Waals surface area contributed by atoms with Crippen LogP contribution in [0.2, 0.25) is 0 Å². The van der Waals surface area contributed by atoms with Crippen LogP contribution in [0.3, 0.4) is 0 Å². The van der Waals surface area contributed by atoms with Gasteiger partial charge >= 0.3 is 5.97 Å². The first kappa shape index (κ1) is 23.4. The van der Waals surface area contributed by atoms with Crippen LogP contribution >= 0.6 is 0 Å². The quantitative estimate of drug-likeness (QED) is 0.446. The van der Waals surface area contributed by atoms with Gasteiger partial charge in [0.25, 0.3) is 0 Å². The van der Waals surface area contributed by atoms with Crippen LogP contribution in [0, 0.1) is 16.2 Å². The summed E-state index contributed by atoms with van der Waals surface area (Å²) in [7, 11) is 0. The molecule has 3 N–H and O–H groups in total. The van der Waals surface area contributed by atoms with Gasteiger partial charge in [0.2, 0.25) is 0 Å². The molecular formula is C19H38O5. The molecule has 0 aromatic carbocycles. The smallest absolute Gasteiger partial charge is 0.312 e. The highest BCUT2D eigenvalue weighted by Gasteiger charge is 2.52. The molecule has 0 amide bonds. The molecule has 0 fully saturated rings. The summed E-state index contributed by atoms with van der Waals surface area (Å²) in [5, 5.41) is 28.3. The highest BCUT2D eigenvalue weighted by Crippen LogP contribution is 2.53. The number of carbonyl (C=O) groups is 1. The van der Waals surface area contributed by atoms with Crippen molar-refractivity contribution in [1.82, 2.24) is 0 Å². The third-order valence-electron chi connectivity index (χ3n) is 6.21. The van der Waals surface area contributed by atoms with E-state index in [1.54, 1.807) is 0 Å². The Bertz CT molecular complexity index is 347. The average Bonchev–Trinajstić information content (AvgIpc) is 2.63. The van der Waals surface area contributed by atoms with Crippen LogP contribution in [0.5, 0.6) is 0 Å². The van der Waals surface area contributed by atoms with E-state index in [9.17, 15) is 20.1 Å². The van der Waals surface area contributed by atoms with Crippen LogP contribution in [-0.2, 0) is 9.53 Å². The predicted octanol–water partition coefficient (Wildman–Crippen LogP) is 2.91. The zero-order valence-corrected chi connectivity index (χ0v) is 16.2. The summed E-state index contributed by atoms with van der Waals surface area (Å²) in [4.78, 5) is 13.1. The highest BCUT2D eigenvalue weighted by molar-refractivity contribution is 5.78. The van der Waals surface area contributed by atoms with Gasteiger partial charge in [-0.05, 0) is 37.5 Å². The molecule has 24 heavy (non-hydrogen) atoms. The average molecular weight is 347 g/mol. The third-order valence-corrected chi connectivity index (χ3v) is 6.21. The molecule has 0 unspecified atom stereocenters. The maximum atomic E-state index is 13.1. The molecule has 0 aliphatic heterocycles. The molecule has 0 heterocycles. The number of aliphatic hydroxyl groups is 3. The van der Waals surface area contributed by atoms with Crippen molar-refractivity contribution in [3.63, 3.8) is 0 Å². The van der Waals surface area contributed by atoms with Crippen molar-refractivity contribution in [2.75, 3.05) is 26.4 Å². The lowest BCUT2D eigenvalue weighted by atomic mass is 9.56. The third kappa shape index (κ3) is 4.30. The van der Waals surface area contributed by atoms with E-state index in [1.165, 1.54) is 0 Å². The van der Waals surface area contributed by atoms with E-state index in [4.69, 9.17) is 4.74 Å². The van der Waals surface area contributed by atoms with Crippen molar-refractivity contribution in [3.05, 3.63) is 0 Å². The maximum Gasteiger partial charge on any atom is 0.312 e. The van der Waals surface area contributed by atoms with Crippen molar-refractivity contribution in [1.29, 1.82) is 0 Å². The molecule has 144 valence electrons. The van der Waals surface area contributed by atoms with Gasteiger partial charge in [0.05, 0.1) is 30.7 Å². The molecule has 5 nitrogen and oxygen atoms in total.